The second-order valence-electron chi connectivity index (χ2n) is 7.33. The molecule has 0 saturated heterocycles. The van der Waals surface area contributed by atoms with Crippen LogP contribution in [0.3, 0.4) is 0 Å². The van der Waals surface area contributed by atoms with Crippen LogP contribution in [0, 0.1) is 13.8 Å². The fraction of sp³-hybridized carbons (Fsp3) is 0.250. The van der Waals surface area contributed by atoms with Gasteiger partial charge in [-0.1, -0.05) is 18.2 Å². The van der Waals surface area contributed by atoms with E-state index in [0.717, 1.165) is 33.7 Å². The number of pyridine rings is 1. The van der Waals surface area contributed by atoms with E-state index in [2.05, 4.69) is 10.3 Å². The maximum Gasteiger partial charge on any atom is 0.251 e. The molecule has 5 heteroatoms. The van der Waals surface area contributed by atoms with Crippen LogP contribution in [-0.2, 0) is 13.2 Å². The number of aryl methyl sites for hydroxylation is 2. The number of benzene rings is 2. The normalized spacial score (nSPS) is 10.5. The van der Waals surface area contributed by atoms with Gasteiger partial charge in [-0.25, -0.2) is 0 Å². The largest absolute Gasteiger partial charge is 0.488 e. The Morgan fingerprint density at radius 2 is 1.72 bits per heavy atom. The molecule has 0 radical (unpaired) electrons. The summed E-state index contributed by atoms with van der Waals surface area (Å²) in [7, 11) is 4.01. The van der Waals surface area contributed by atoms with E-state index in [4.69, 9.17) is 4.74 Å². The van der Waals surface area contributed by atoms with E-state index in [0.29, 0.717) is 18.7 Å². The molecular weight excluding hydrogens is 362 g/mol. The topological polar surface area (TPSA) is 54.5 Å². The van der Waals surface area contributed by atoms with Crippen molar-refractivity contribution in [2.24, 2.45) is 0 Å². The van der Waals surface area contributed by atoms with E-state index >= 15 is 0 Å². The highest BCUT2D eigenvalue weighted by atomic mass is 16.5. The van der Waals surface area contributed by atoms with Crippen molar-refractivity contribution in [3.63, 3.8) is 0 Å². The molecule has 150 valence electrons. The van der Waals surface area contributed by atoms with E-state index in [1.54, 1.807) is 12.4 Å². The second kappa shape index (κ2) is 9.24. The fourth-order valence-corrected chi connectivity index (χ4v) is 3.14. The minimum absolute atomic E-state index is 0.0910. The third-order valence-corrected chi connectivity index (χ3v) is 4.73. The molecule has 1 amide bonds. The Morgan fingerprint density at radius 3 is 2.31 bits per heavy atom. The van der Waals surface area contributed by atoms with Crippen LogP contribution in [0.4, 0.5) is 5.69 Å². The summed E-state index contributed by atoms with van der Waals surface area (Å²) in [6, 6.07) is 15.8. The quantitative estimate of drug-likeness (QED) is 0.656. The molecule has 1 heterocycles. The lowest BCUT2D eigenvalue weighted by atomic mass is 10.0. The summed E-state index contributed by atoms with van der Waals surface area (Å²) < 4.78 is 5.97. The SMILES string of the molecule is Cc1cc(C(=O)NCc2ccc(N(C)C)cc2)cc(C)c1OCc1cccnc1. The Labute approximate surface area is 172 Å². The molecule has 3 rings (SSSR count). The monoisotopic (exact) mass is 389 g/mol. The lowest BCUT2D eigenvalue weighted by Crippen LogP contribution is -2.23. The molecule has 2 aromatic carbocycles. The Bertz CT molecular complexity index is 944. The minimum atomic E-state index is -0.0910. The van der Waals surface area contributed by atoms with Crippen LogP contribution in [0.5, 0.6) is 5.75 Å². The summed E-state index contributed by atoms with van der Waals surface area (Å²) in [5, 5.41) is 2.99. The molecule has 0 aliphatic carbocycles. The average Bonchev–Trinajstić information content (AvgIpc) is 2.72. The molecule has 0 fully saturated rings. The van der Waals surface area contributed by atoms with Gasteiger partial charge in [-0.15, -0.1) is 0 Å². The Kier molecular flexibility index (Phi) is 6.50. The molecular formula is C24H27N3O2. The Morgan fingerprint density at radius 1 is 1.03 bits per heavy atom. The predicted octanol–water partition coefficient (Wildman–Crippen LogP) is 4.27. The predicted molar refractivity (Wildman–Crippen MR) is 116 cm³/mol. The molecule has 29 heavy (non-hydrogen) atoms. The van der Waals surface area contributed by atoms with E-state index in [-0.39, 0.29) is 5.91 Å². The Hall–Kier alpha value is -3.34. The standard InChI is InChI=1S/C24H27N3O2/c1-17-12-21(13-18(2)23(17)29-16-20-6-5-11-25-14-20)24(28)26-15-19-7-9-22(10-8-19)27(3)4/h5-14H,15-16H2,1-4H3,(H,26,28). The number of hydrogen-bond donors (Lipinski definition) is 1. The van der Waals surface area contributed by atoms with Gasteiger partial charge in [0.15, 0.2) is 0 Å². The summed E-state index contributed by atoms with van der Waals surface area (Å²) in [6.45, 7) is 4.86. The summed E-state index contributed by atoms with van der Waals surface area (Å²) in [5.41, 5.74) is 5.72. The van der Waals surface area contributed by atoms with Crippen molar-refractivity contribution in [1.82, 2.24) is 10.3 Å². The van der Waals surface area contributed by atoms with Crippen LogP contribution in [0.1, 0.15) is 32.6 Å². The Balaban J connectivity index is 1.63. The molecule has 0 spiro atoms. The van der Waals surface area contributed by atoms with Crippen LogP contribution in [0.15, 0.2) is 60.9 Å². The van der Waals surface area contributed by atoms with Crippen LogP contribution >= 0.6 is 0 Å². The van der Waals surface area contributed by atoms with E-state index in [9.17, 15) is 4.79 Å². The van der Waals surface area contributed by atoms with Crippen LogP contribution in [0.25, 0.3) is 0 Å². The molecule has 0 aliphatic rings. The van der Waals surface area contributed by atoms with E-state index in [1.807, 2.05) is 81.4 Å². The molecule has 1 N–H and O–H groups in total. The lowest BCUT2D eigenvalue weighted by Gasteiger charge is -2.15. The van der Waals surface area contributed by atoms with Crippen molar-refractivity contribution in [1.29, 1.82) is 0 Å². The maximum atomic E-state index is 12.6. The van der Waals surface area contributed by atoms with Crippen molar-refractivity contribution in [2.45, 2.75) is 27.0 Å². The van der Waals surface area contributed by atoms with Gasteiger partial charge in [-0.05, 0) is 60.9 Å². The van der Waals surface area contributed by atoms with Gasteiger partial charge in [-0.3, -0.25) is 9.78 Å². The van der Waals surface area contributed by atoms with Gasteiger partial charge in [0.05, 0.1) is 0 Å². The van der Waals surface area contributed by atoms with Crippen molar-refractivity contribution in [3.8, 4) is 5.75 Å². The van der Waals surface area contributed by atoms with Gasteiger partial charge < -0.3 is 15.0 Å². The van der Waals surface area contributed by atoms with E-state index in [1.165, 1.54) is 0 Å². The van der Waals surface area contributed by atoms with Crippen molar-refractivity contribution < 1.29 is 9.53 Å². The first kappa shape index (κ1) is 20.4. The number of rotatable bonds is 7. The number of aromatic nitrogens is 1. The number of hydrogen-bond acceptors (Lipinski definition) is 4. The fourth-order valence-electron chi connectivity index (χ4n) is 3.14. The third-order valence-electron chi connectivity index (χ3n) is 4.73. The number of nitrogens with one attached hydrogen (secondary N) is 1. The van der Waals surface area contributed by atoms with Gasteiger partial charge in [0.1, 0.15) is 12.4 Å². The zero-order chi connectivity index (χ0) is 20.8. The first-order valence-corrected chi connectivity index (χ1v) is 9.61. The van der Waals surface area contributed by atoms with Crippen molar-refractivity contribution in [3.05, 3.63) is 88.7 Å². The molecule has 0 bridgehead atoms. The van der Waals surface area contributed by atoms with Gasteiger partial charge in [0.25, 0.3) is 5.91 Å². The second-order valence-corrected chi connectivity index (χ2v) is 7.33. The molecule has 0 saturated carbocycles. The lowest BCUT2D eigenvalue weighted by molar-refractivity contribution is 0.0950. The molecule has 5 nitrogen and oxygen atoms in total. The minimum Gasteiger partial charge on any atom is -0.488 e. The molecule has 3 aromatic rings. The number of carbonyl (C=O) groups excluding carboxylic acids is 1. The van der Waals surface area contributed by atoms with Gasteiger partial charge in [0, 0.05) is 49.8 Å². The number of nitrogens with zero attached hydrogens (tertiary/aromatic N) is 2. The third kappa shape index (κ3) is 5.35. The molecule has 0 atom stereocenters. The highest BCUT2D eigenvalue weighted by molar-refractivity contribution is 5.94. The van der Waals surface area contributed by atoms with Gasteiger partial charge >= 0.3 is 0 Å². The van der Waals surface area contributed by atoms with Gasteiger partial charge in [-0.2, -0.15) is 0 Å². The summed E-state index contributed by atoms with van der Waals surface area (Å²) in [4.78, 5) is 18.8. The number of ether oxygens (including phenoxy) is 1. The maximum absolute atomic E-state index is 12.6. The van der Waals surface area contributed by atoms with Crippen molar-refractivity contribution in [2.75, 3.05) is 19.0 Å². The summed E-state index contributed by atoms with van der Waals surface area (Å²) in [6.07, 6.45) is 3.53. The summed E-state index contributed by atoms with van der Waals surface area (Å²) in [5.74, 6) is 0.719. The van der Waals surface area contributed by atoms with Gasteiger partial charge in [0.2, 0.25) is 0 Å². The van der Waals surface area contributed by atoms with E-state index < -0.39 is 0 Å². The highest BCUT2D eigenvalue weighted by Crippen LogP contribution is 2.26. The molecule has 1 aromatic heterocycles. The van der Waals surface area contributed by atoms with Crippen LogP contribution in [-0.4, -0.2) is 25.0 Å². The molecule has 0 unspecified atom stereocenters. The first-order chi connectivity index (χ1) is 13.9. The van der Waals surface area contributed by atoms with Crippen LogP contribution < -0.4 is 15.0 Å². The summed E-state index contributed by atoms with van der Waals surface area (Å²) >= 11 is 0. The first-order valence-electron chi connectivity index (χ1n) is 9.61. The van der Waals surface area contributed by atoms with Crippen molar-refractivity contribution >= 4 is 11.6 Å². The van der Waals surface area contributed by atoms with Crippen LogP contribution in [0.2, 0.25) is 0 Å². The number of amides is 1. The zero-order valence-electron chi connectivity index (χ0n) is 17.4. The number of anilines is 1. The molecule has 0 aliphatic heterocycles. The smallest absolute Gasteiger partial charge is 0.251 e. The zero-order valence-corrected chi connectivity index (χ0v) is 17.4. The average molecular weight is 389 g/mol. The highest BCUT2D eigenvalue weighted by Gasteiger charge is 2.12. The number of carbonyl (C=O) groups is 1.